The van der Waals surface area contributed by atoms with Gasteiger partial charge in [-0.1, -0.05) is 6.92 Å². The monoisotopic (exact) mass is 187 g/mol. The number of aliphatic hydroxyl groups is 2. The molecule has 0 aromatic rings. The molecule has 78 valence electrons. The van der Waals surface area contributed by atoms with Crippen LogP contribution in [0.1, 0.15) is 39.5 Å². The van der Waals surface area contributed by atoms with E-state index in [4.69, 9.17) is 0 Å². The van der Waals surface area contributed by atoms with E-state index in [0.29, 0.717) is 0 Å². The van der Waals surface area contributed by atoms with Crippen LogP contribution in [-0.2, 0) is 0 Å². The van der Waals surface area contributed by atoms with Crippen LogP contribution in [0, 0.1) is 0 Å². The van der Waals surface area contributed by atoms with Crippen molar-refractivity contribution in [3.8, 4) is 0 Å². The molecule has 1 aliphatic carbocycles. The van der Waals surface area contributed by atoms with Crippen molar-refractivity contribution >= 4 is 0 Å². The second-order valence-electron chi connectivity index (χ2n) is 4.32. The maximum atomic E-state index is 9.60. The van der Waals surface area contributed by atoms with Crippen molar-refractivity contribution in [2.45, 2.75) is 57.2 Å². The maximum absolute atomic E-state index is 9.60. The first kappa shape index (κ1) is 11.0. The molecule has 0 heterocycles. The standard InChI is InChI=1S/C10H21NO2/c1-3-10(2,7-12)11-8-5-4-6-9(8)13/h8-9,11-13H,3-7H2,1-2H3/t8-,9-,10?/m0/s1. The number of nitrogens with one attached hydrogen (secondary N) is 1. The van der Waals surface area contributed by atoms with Crippen molar-refractivity contribution in [1.29, 1.82) is 0 Å². The molecule has 0 bridgehead atoms. The predicted octanol–water partition coefficient (Wildman–Crippen LogP) is 0.650. The highest BCUT2D eigenvalue weighted by Crippen LogP contribution is 2.22. The molecular formula is C10H21NO2. The summed E-state index contributed by atoms with van der Waals surface area (Å²) in [6.07, 6.45) is 3.66. The second-order valence-corrected chi connectivity index (χ2v) is 4.32. The molecule has 0 spiro atoms. The summed E-state index contributed by atoms with van der Waals surface area (Å²) in [6.45, 7) is 4.18. The Hall–Kier alpha value is -0.120. The Bertz CT molecular complexity index is 157. The van der Waals surface area contributed by atoms with E-state index in [0.717, 1.165) is 25.7 Å². The van der Waals surface area contributed by atoms with Crippen LogP contribution in [0.5, 0.6) is 0 Å². The highest BCUT2D eigenvalue weighted by Gasteiger charge is 2.31. The third-order valence-corrected chi connectivity index (χ3v) is 3.14. The summed E-state index contributed by atoms with van der Waals surface area (Å²) in [5, 5.41) is 22.1. The molecular weight excluding hydrogens is 166 g/mol. The van der Waals surface area contributed by atoms with Gasteiger partial charge in [0.05, 0.1) is 12.7 Å². The zero-order valence-corrected chi connectivity index (χ0v) is 8.58. The van der Waals surface area contributed by atoms with E-state index < -0.39 is 0 Å². The number of rotatable bonds is 4. The fraction of sp³-hybridized carbons (Fsp3) is 1.00. The molecule has 1 aliphatic rings. The van der Waals surface area contributed by atoms with E-state index in [9.17, 15) is 10.2 Å². The zero-order valence-electron chi connectivity index (χ0n) is 8.58. The molecule has 0 saturated heterocycles. The first-order chi connectivity index (χ1) is 6.11. The van der Waals surface area contributed by atoms with Gasteiger partial charge in [-0.15, -0.1) is 0 Å². The molecule has 1 saturated carbocycles. The first-order valence-electron chi connectivity index (χ1n) is 5.18. The fourth-order valence-electron chi connectivity index (χ4n) is 1.82. The Labute approximate surface area is 80.2 Å². The van der Waals surface area contributed by atoms with Crippen LogP contribution >= 0.6 is 0 Å². The molecule has 0 aromatic carbocycles. The molecule has 1 rings (SSSR count). The van der Waals surface area contributed by atoms with Crippen LogP contribution < -0.4 is 5.32 Å². The Morgan fingerprint density at radius 2 is 2.15 bits per heavy atom. The quantitative estimate of drug-likeness (QED) is 0.605. The van der Waals surface area contributed by atoms with Crippen LogP contribution in [0.3, 0.4) is 0 Å². The molecule has 0 radical (unpaired) electrons. The molecule has 1 fully saturated rings. The van der Waals surface area contributed by atoms with Gasteiger partial charge < -0.3 is 15.5 Å². The molecule has 0 amide bonds. The summed E-state index contributed by atoms with van der Waals surface area (Å²) in [4.78, 5) is 0. The summed E-state index contributed by atoms with van der Waals surface area (Å²) in [5.74, 6) is 0. The largest absolute Gasteiger partial charge is 0.394 e. The molecule has 3 N–H and O–H groups in total. The molecule has 0 aliphatic heterocycles. The summed E-state index contributed by atoms with van der Waals surface area (Å²) >= 11 is 0. The molecule has 3 atom stereocenters. The molecule has 13 heavy (non-hydrogen) atoms. The first-order valence-corrected chi connectivity index (χ1v) is 5.18. The van der Waals surface area contributed by atoms with E-state index in [1.165, 1.54) is 0 Å². The summed E-state index contributed by atoms with van der Waals surface area (Å²) < 4.78 is 0. The Balaban J connectivity index is 2.45. The molecule has 3 nitrogen and oxygen atoms in total. The average molecular weight is 187 g/mol. The van der Waals surface area contributed by atoms with E-state index in [2.05, 4.69) is 5.32 Å². The van der Waals surface area contributed by atoms with Crippen molar-refractivity contribution in [2.75, 3.05) is 6.61 Å². The van der Waals surface area contributed by atoms with Gasteiger partial charge in [0.1, 0.15) is 0 Å². The normalized spacial score (nSPS) is 33.2. The van der Waals surface area contributed by atoms with Crippen molar-refractivity contribution in [3.63, 3.8) is 0 Å². The zero-order chi connectivity index (χ0) is 9.90. The predicted molar refractivity (Wildman–Crippen MR) is 52.6 cm³/mol. The summed E-state index contributed by atoms with van der Waals surface area (Å²) in [7, 11) is 0. The highest BCUT2D eigenvalue weighted by molar-refractivity contribution is 4.91. The van der Waals surface area contributed by atoms with Gasteiger partial charge in [-0.2, -0.15) is 0 Å². The molecule has 3 heteroatoms. The van der Waals surface area contributed by atoms with Gasteiger partial charge in [-0.05, 0) is 32.6 Å². The third kappa shape index (κ3) is 2.66. The summed E-state index contributed by atoms with van der Waals surface area (Å²) in [6, 6.07) is 0.178. The Kier molecular flexibility index (Phi) is 3.71. The van der Waals surface area contributed by atoms with Gasteiger partial charge in [-0.3, -0.25) is 0 Å². The minimum absolute atomic E-state index is 0.132. The minimum Gasteiger partial charge on any atom is -0.394 e. The summed E-state index contributed by atoms with van der Waals surface area (Å²) in [5.41, 5.74) is -0.226. The average Bonchev–Trinajstić information content (AvgIpc) is 2.52. The smallest absolute Gasteiger partial charge is 0.0693 e. The van der Waals surface area contributed by atoms with E-state index in [-0.39, 0.29) is 24.3 Å². The minimum atomic E-state index is -0.226. The van der Waals surface area contributed by atoms with Crippen LogP contribution in [0.4, 0.5) is 0 Å². The third-order valence-electron chi connectivity index (χ3n) is 3.14. The van der Waals surface area contributed by atoms with Crippen molar-refractivity contribution in [1.82, 2.24) is 5.32 Å². The van der Waals surface area contributed by atoms with Gasteiger partial charge in [0.15, 0.2) is 0 Å². The van der Waals surface area contributed by atoms with Gasteiger partial charge in [0.25, 0.3) is 0 Å². The molecule has 1 unspecified atom stereocenters. The Morgan fingerprint density at radius 1 is 1.46 bits per heavy atom. The van der Waals surface area contributed by atoms with Crippen molar-refractivity contribution in [3.05, 3.63) is 0 Å². The lowest BCUT2D eigenvalue weighted by atomic mass is 9.98. The van der Waals surface area contributed by atoms with Crippen molar-refractivity contribution in [2.24, 2.45) is 0 Å². The van der Waals surface area contributed by atoms with Crippen LogP contribution in [0.2, 0.25) is 0 Å². The lowest BCUT2D eigenvalue weighted by molar-refractivity contribution is 0.101. The van der Waals surface area contributed by atoms with Gasteiger partial charge >= 0.3 is 0 Å². The van der Waals surface area contributed by atoms with Gasteiger partial charge in [0.2, 0.25) is 0 Å². The number of hydrogen-bond acceptors (Lipinski definition) is 3. The van der Waals surface area contributed by atoms with Gasteiger partial charge in [0, 0.05) is 11.6 Å². The topological polar surface area (TPSA) is 52.5 Å². The fourth-order valence-corrected chi connectivity index (χ4v) is 1.82. The van der Waals surface area contributed by atoms with E-state index in [1.54, 1.807) is 0 Å². The van der Waals surface area contributed by atoms with Crippen LogP contribution in [0.25, 0.3) is 0 Å². The van der Waals surface area contributed by atoms with Crippen molar-refractivity contribution < 1.29 is 10.2 Å². The van der Waals surface area contributed by atoms with E-state index >= 15 is 0 Å². The second kappa shape index (κ2) is 4.40. The Morgan fingerprint density at radius 3 is 2.54 bits per heavy atom. The van der Waals surface area contributed by atoms with Crippen LogP contribution in [0.15, 0.2) is 0 Å². The highest BCUT2D eigenvalue weighted by atomic mass is 16.3. The SMILES string of the molecule is CCC(C)(CO)N[C@H]1CCC[C@@H]1O. The van der Waals surface area contributed by atoms with Crippen LogP contribution in [-0.4, -0.2) is 34.5 Å². The number of aliphatic hydroxyl groups excluding tert-OH is 2. The van der Waals surface area contributed by atoms with E-state index in [1.807, 2.05) is 13.8 Å². The van der Waals surface area contributed by atoms with Gasteiger partial charge in [-0.25, -0.2) is 0 Å². The lowest BCUT2D eigenvalue weighted by Crippen LogP contribution is -2.52. The maximum Gasteiger partial charge on any atom is 0.0693 e. The molecule has 0 aromatic heterocycles. The number of hydrogen-bond donors (Lipinski definition) is 3. The lowest BCUT2D eigenvalue weighted by Gasteiger charge is -2.32.